The molecule has 1 heterocycles. The average molecular weight is 472 g/mol. The molecule has 1 unspecified atom stereocenters. The summed E-state index contributed by atoms with van der Waals surface area (Å²) in [6, 6.07) is 10.8. The molecular formula is C12H9Br2IS. The van der Waals surface area contributed by atoms with Crippen LogP contribution in [0.2, 0.25) is 0 Å². The van der Waals surface area contributed by atoms with E-state index in [1.807, 2.05) is 11.3 Å². The molecule has 0 aliphatic rings. The normalized spacial score (nSPS) is 12.8. The number of aryl methyl sites for hydroxylation is 1. The molecule has 2 rings (SSSR count). The molecule has 0 fully saturated rings. The van der Waals surface area contributed by atoms with Gasteiger partial charge in [0.05, 0.1) is 4.83 Å². The second-order valence-electron chi connectivity index (χ2n) is 3.47. The van der Waals surface area contributed by atoms with Crippen molar-refractivity contribution < 1.29 is 0 Å². The summed E-state index contributed by atoms with van der Waals surface area (Å²) >= 11 is 11.5. The lowest BCUT2D eigenvalue weighted by Gasteiger charge is -2.08. The molecule has 16 heavy (non-hydrogen) atoms. The van der Waals surface area contributed by atoms with Crippen LogP contribution >= 0.6 is 65.8 Å². The van der Waals surface area contributed by atoms with Gasteiger partial charge in [-0.1, -0.05) is 28.1 Å². The number of benzene rings is 1. The van der Waals surface area contributed by atoms with Gasteiger partial charge in [-0.2, -0.15) is 0 Å². The predicted octanol–water partition coefficient (Wildman–Crippen LogP) is 5.91. The monoisotopic (exact) mass is 470 g/mol. The number of halogens is 3. The average Bonchev–Trinajstić information content (AvgIpc) is 2.58. The minimum absolute atomic E-state index is 0.289. The van der Waals surface area contributed by atoms with E-state index >= 15 is 0 Å². The molecule has 1 aromatic carbocycles. The summed E-state index contributed by atoms with van der Waals surface area (Å²) in [5, 5.41) is 0. The van der Waals surface area contributed by atoms with Crippen molar-refractivity contribution in [2.45, 2.75) is 11.8 Å². The smallest absolute Gasteiger partial charge is 0.0738 e. The Morgan fingerprint density at radius 2 is 2.06 bits per heavy atom. The maximum absolute atomic E-state index is 3.76. The Kier molecular flexibility index (Phi) is 4.49. The van der Waals surface area contributed by atoms with E-state index in [1.165, 1.54) is 23.4 Å². The Bertz CT molecular complexity index is 488. The molecule has 0 radical (unpaired) electrons. The summed E-state index contributed by atoms with van der Waals surface area (Å²) in [5.41, 5.74) is 1.31. The molecule has 0 aliphatic carbocycles. The zero-order valence-corrected chi connectivity index (χ0v) is 14.7. The van der Waals surface area contributed by atoms with Crippen LogP contribution in [0.15, 0.2) is 34.8 Å². The Morgan fingerprint density at radius 1 is 1.31 bits per heavy atom. The lowest BCUT2D eigenvalue weighted by Crippen LogP contribution is -1.89. The standard InChI is InChI=1S/C12H9Br2IS/c1-7-10(13)6-11(16-7)12(14)8-3-2-4-9(15)5-8/h2-6,12H,1H3. The highest BCUT2D eigenvalue weighted by Crippen LogP contribution is 2.38. The first-order chi connectivity index (χ1) is 7.58. The Morgan fingerprint density at radius 3 is 2.62 bits per heavy atom. The third kappa shape index (κ3) is 2.89. The zero-order chi connectivity index (χ0) is 11.7. The largest absolute Gasteiger partial charge is 0.143 e. The summed E-state index contributed by atoms with van der Waals surface area (Å²) < 4.78 is 2.47. The van der Waals surface area contributed by atoms with Gasteiger partial charge < -0.3 is 0 Å². The van der Waals surface area contributed by atoms with Crippen LogP contribution < -0.4 is 0 Å². The molecule has 84 valence electrons. The van der Waals surface area contributed by atoms with Gasteiger partial charge in [-0.3, -0.25) is 0 Å². The van der Waals surface area contributed by atoms with Crippen molar-refractivity contribution in [3.8, 4) is 0 Å². The summed E-state index contributed by atoms with van der Waals surface area (Å²) in [6.07, 6.45) is 0. The molecule has 2 aromatic rings. The first-order valence-electron chi connectivity index (χ1n) is 4.73. The summed E-state index contributed by atoms with van der Waals surface area (Å²) in [5.74, 6) is 0. The van der Waals surface area contributed by atoms with Crippen molar-refractivity contribution in [2.24, 2.45) is 0 Å². The van der Waals surface area contributed by atoms with Crippen molar-refractivity contribution in [1.29, 1.82) is 0 Å². The predicted molar refractivity (Wildman–Crippen MR) is 86.7 cm³/mol. The molecule has 0 bridgehead atoms. The number of hydrogen-bond acceptors (Lipinski definition) is 1. The summed E-state index contributed by atoms with van der Waals surface area (Å²) in [6.45, 7) is 2.13. The Labute approximate surface area is 130 Å². The van der Waals surface area contributed by atoms with Gasteiger partial charge in [-0.15, -0.1) is 11.3 Å². The minimum Gasteiger partial charge on any atom is -0.143 e. The lowest BCUT2D eigenvalue weighted by atomic mass is 10.1. The number of thiophene rings is 1. The van der Waals surface area contributed by atoms with E-state index < -0.39 is 0 Å². The van der Waals surface area contributed by atoms with Crippen LogP contribution in [0.4, 0.5) is 0 Å². The summed E-state index contributed by atoms with van der Waals surface area (Å²) in [7, 11) is 0. The van der Waals surface area contributed by atoms with Gasteiger partial charge in [0.2, 0.25) is 0 Å². The van der Waals surface area contributed by atoms with Gasteiger partial charge in [0, 0.05) is 17.8 Å². The zero-order valence-electron chi connectivity index (χ0n) is 8.51. The molecule has 1 aromatic heterocycles. The van der Waals surface area contributed by atoms with Crippen LogP contribution in [0.25, 0.3) is 0 Å². The molecular weight excluding hydrogens is 463 g/mol. The van der Waals surface area contributed by atoms with Crippen LogP contribution in [0, 0.1) is 10.5 Å². The van der Waals surface area contributed by atoms with E-state index in [-0.39, 0.29) is 4.83 Å². The highest BCUT2D eigenvalue weighted by Gasteiger charge is 2.14. The molecule has 0 amide bonds. The third-order valence-electron chi connectivity index (χ3n) is 2.27. The Hall–Kier alpha value is 0.610. The maximum Gasteiger partial charge on any atom is 0.0738 e. The summed E-state index contributed by atoms with van der Waals surface area (Å²) in [4.78, 5) is 2.95. The number of rotatable bonds is 2. The molecule has 0 saturated heterocycles. The van der Waals surface area contributed by atoms with Crippen molar-refractivity contribution in [3.05, 3.63) is 53.7 Å². The van der Waals surface area contributed by atoms with E-state index in [4.69, 9.17) is 0 Å². The van der Waals surface area contributed by atoms with Gasteiger partial charge in [-0.05, 0) is 69.2 Å². The van der Waals surface area contributed by atoms with Crippen LogP contribution in [-0.2, 0) is 0 Å². The second kappa shape index (κ2) is 5.50. The van der Waals surface area contributed by atoms with Gasteiger partial charge in [0.25, 0.3) is 0 Å². The Balaban J connectivity index is 2.35. The fourth-order valence-electron chi connectivity index (χ4n) is 1.43. The van der Waals surface area contributed by atoms with Crippen molar-refractivity contribution in [3.63, 3.8) is 0 Å². The molecule has 0 aliphatic heterocycles. The molecule has 0 nitrogen and oxygen atoms in total. The molecule has 0 spiro atoms. The van der Waals surface area contributed by atoms with E-state index in [2.05, 4.69) is 91.7 Å². The van der Waals surface area contributed by atoms with E-state index in [9.17, 15) is 0 Å². The first kappa shape index (κ1) is 13.1. The van der Waals surface area contributed by atoms with Gasteiger partial charge in [0.1, 0.15) is 0 Å². The minimum atomic E-state index is 0.289. The SMILES string of the molecule is Cc1sc(C(Br)c2cccc(I)c2)cc1Br. The fourth-order valence-corrected chi connectivity index (χ4v) is 4.27. The topological polar surface area (TPSA) is 0 Å². The fraction of sp³-hybridized carbons (Fsp3) is 0.167. The number of hydrogen-bond donors (Lipinski definition) is 0. The van der Waals surface area contributed by atoms with E-state index in [0.29, 0.717) is 0 Å². The highest BCUT2D eigenvalue weighted by atomic mass is 127. The van der Waals surface area contributed by atoms with E-state index in [1.54, 1.807) is 0 Å². The van der Waals surface area contributed by atoms with Crippen LogP contribution in [-0.4, -0.2) is 0 Å². The van der Waals surface area contributed by atoms with Crippen molar-refractivity contribution in [1.82, 2.24) is 0 Å². The van der Waals surface area contributed by atoms with Crippen molar-refractivity contribution >= 4 is 65.8 Å². The van der Waals surface area contributed by atoms with Crippen molar-refractivity contribution in [2.75, 3.05) is 0 Å². The van der Waals surface area contributed by atoms with Crippen LogP contribution in [0.3, 0.4) is 0 Å². The highest BCUT2D eigenvalue weighted by molar-refractivity contribution is 14.1. The molecule has 1 atom stereocenters. The molecule has 4 heteroatoms. The number of alkyl halides is 1. The first-order valence-corrected chi connectivity index (χ1v) is 8.33. The maximum atomic E-state index is 3.76. The second-order valence-corrected chi connectivity index (χ2v) is 7.77. The molecule has 0 saturated carbocycles. The van der Waals surface area contributed by atoms with Gasteiger partial charge in [-0.25, -0.2) is 0 Å². The van der Waals surface area contributed by atoms with E-state index in [0.717, 1.165) is 0 Å². The van der Waals surface area contributed by atoms with Crippen LogP contribution in [0.5, 0.6) is 0 Å². The van der Waals surface area contributed by atoms with Gasteiger partial charge in [0.15, 0.2) is 0 Å². The molecule has 0 N–H and O–H groups in total. The quantitative estimate of drug-likeness (QED) is 0.377. The van der Waals surface area contributed by atoms with Crippen LogP contribution in [0.1, 0.15) is 20.1 Å². The third-order valence-corrected chi connectivity index (χ3v) is 6.46. The van der Waals surface area contributed by atoms with Gasteiger partial charge >= 0.3 is 0 Å². The lowest BCUT2D eigenvalue weighted by molar-refractivity contribution is 1.22.